The fourth-order valence-corrected chi connectivity index (χ4v) is 1.43. The van der Waals surface area contributed by atoms with E-state index in [9.17, 15) is 4.79 Å². The Morgan fingerprint density at radius 3 is 2.59 bits per heavy atom. The molecule has 1 amide bonds. The second kappa shape index (κ2) is 6.85. The lowest BCUT2D eigenvalue weighted by Crippen LogP contribution is -2.34. The number of nitrogens with two attached hydrogens (primary N) is 1. The SMILES string of the molecule is CCN(CC)C(=O)COc1ccc(CN)nc1. The van der Waals surface area contributed by atoms with Crippen molar-refractivity contribution in [3.8, 4) is 5.75 Å². The third-order valence-corrected chi connectivity index (χ3v) is 2.49. The number of rotatable bonds is 6. The lowest BCUT2D eigenvalue weighted by atomic mass is 10.3. The summed E-state index contributed by atoms with van der Waals surface area (Å²) < 4.78 is 5.36. The minimum absolute atomic E-state index is 0.0158. The second-order valence-corrected chi connectivity index (χ2v) is 3.54. The minimum atomic E-state index is -0.0158. The lowest BCUT2D eigenvalue weighted by Gasteiger charge is -2.18. The van der Waals surface area contributed by atoms with Crippen molar-refractivity contribution in [2.75, 3.05) is 19.7 Å². The van der Waals surface area contributed by atoms with E-state index in [4.69, 9.17) is 10.5 Å². The van der Waals surface area contributed by atoms with Crippen molar-refractivity contribution in [3.63, 3.8) is 0 Å². The van der Waals surface area contributed by atoms with Crippen molar-refractivity contribution in [2.45, 2.75) is 20.4 Å². The topological polar surface area (TPSA) is 68.5 Å². The average Bonchev–Trinajstić information content (AvgIpc) is 2.38. The van der Waals surface area contributed by atoms with E-state index in [0.717, 1.165) is 5.69 Å². The van der Waals surface area contributed by atoms with Gasteiger partial charge in [0.15, 0.2) is 6.61 Å². The standard InChI is InChI=1S/C12H19N3O2/c1-3-15(4-2)12(16)9-17-11-6-5-10(7-13)14-8-11/h5-6,8H,3-4,7,9,13H2,1-2H3. The van der Waals surface area contributed by atoms with Crippen LogP contribution < -0.4 is 10.5 Å². The summed E-state index contributed by atoms with van der Waals surface area (Å²) in [5.74, 6) is 0.570. The van der Waals surface area contributed by atoms with E-state index in [2.05, 4.69) is 4.98 Å². The number of carbonyl (C=O) groups excluding carboxylic acids is 1. The van der Waals surface area contributed by atoms with E-state index >= 15 is 0 Å². The summed E-state index contributed by atoms with van der Waals surface area (Å²) in [7, 11) is 0. The van der Waals surface area contributed by atoms with Crippen molar-refractivity contribution < 1.29 is 9.53 Å². The molecule has 1 aromatic rings. The molecule has 0 aliphatic heterocycles. The molecule has 0 aliphatic rings. The molecule has 2 N–H and O–H groups in total. The van der Waals surface area contributed by atoms with Crippen LogP contribution in [0, 0.1) is 0 Å². The Morgan fingerprint density at radius 1 is 1.41 bits per heavy atom. The van der Waals surface area contributed by atoms with E-state index in [1.807, 2.05) is 13.8 Å². The molecule has 5 nitrogen and oxygen atoms in total. The first-order chi connectivity index (χ1) is 8.21. The van der Waals surface area contributed by atoms with Crippen LogP contribution in [0.3, 0.4) is 0 Å². The van der Waals surface area contributed by atoms with Crippen molar-refractivity contribution >= 4 is 5.91 Å². The number of hydrogen-bond donors (Lipinski definition) is 1. The fraction of sp³-hybridized carbons (Fsp3) is 0.500. The van der Waals surface area contributed by atoms with Crippen molar-refractivity contribution in [1.29, 1.82) is 0 Å². The Balaban J connectivity index is 2.46. The molecule has 1 heterocycles. The number of pyridine rings is 1. The monoisotopic (exact) mass is 237 g/mol. The molecular weight excluding hydrogens is 218 g/mol. The lowest BCUT2D eigenvalue weighted by molar-refractivity contribution is -0.132. The van der Waals surface area contributed by atoms with E-state index < -0.39 is 0 Å². The number of aromatic nitrogens is 1. The van der Waals surface area contributed by atoms with Crippen LogP contribution in [0.2, 0.25) is 0 Å². The Morgan fingerprint density at radius 2 is 2.12 bits per heavy atom. The molecule has 1 rings (SSSR count). The summed E-state index contributed by atoms with van der Waals surface area (Å²) >= 11 is 0. The van der Waals surface area contributed by atoms with Gasteiger partial charge < -0.3 is 15.4 Å². The molecule has 94 valence electrons. The molecule has 0 unspecified atom stereocenters. The summed E-state index contributed by atoms with van der Waals surface area (Å²) in [6, 6.07) is 3.56. The van der Waals surface area contributed by atoms with Crippen LogP contribution in [0.4, 0.5) is 0 Å². The third kappa shape index (κ3) is 4.03. The van der Waals surface area contributed by atoms with Crippen molar-refractivity contribution in [2.24, 2.45) is 5.73 Å². The summed E-state index contributed by atoms with van der Waals surface area (Å²) in [5.41, 5.74) is 6.23. The number of hydrogen-bond acceptors (Lipinski definition) is 4. The number of nitrogens with zero attached hydrogens (tertiary/aromatic N) is 2. The van der Waals surface area contributed by atoms with Crippen molar-refractivity contribution in [1.82, 2.24) is 9.88 Å². The zero-order chi connectivity index (χ0) is 12.7. The first-order valence-electron chi connectivity index (χ1n) is 5.76. The molecule has 0 radical (unpaired) electrons. The van der Waals surface area contributed by atoms with E-state index in [1.165, 1.54) is 0 Å². The number of likely N-dealkylation sites (N-methyl/N-ethyl adjacent to an activating group) is 1. The van der Waals surface area contributed by atoms with Gasteiger partial charge in [-0.3, -0.25) is 9.78 Å². The van der Waals surface area contributed by atoms with Crippen LogP contribution in [-0.2, 0) is 11.3 Å². The molecule has 0 aromatic carbocycles. The van der Waals surface area contributed by atoms with Gasteiger partial charge in [0.25, 0.3) is 5.91 Å². The predicted octanol–water partition coefficient (Wildman–Crippen LogP) is 0.787. The molecule has 0 saturated heterocycles. The second-order valence-electron chi connectivity index (χ2n) is 3.54. The third-order valence-electron chi connectivity index (χ3n) is 2.49. The molecule has 0 fully saturated rings. The minimum Gasteiger partial charge on any atom is -0.482 e. The number of carbonyl (C=O) groups is 1. The van der Waals surface area contributed by atoms with Gasteiger partial charge in [-0.1, -0.05) is 0 Å². The largest absolute Gasteiger partial charge is 0.482 e. The van der Waals surface area contributed by atoms with E-state index in [-0.39, 0.29) is 12.5 Å². The van der Waals surface area contributed by atoms with Gasteiger partial charge in [-0.15, -0.1) is 0 Å². The number of ether oxygens (including phenoxy) is 1. The molecule has 0 atom stereocenters. The van der Waals surface area contributed by atoms with Crippen LogP contribution in [0.25, 0.3) is 0 Å². The Bertz CT molecular complexity index is 347. The Kier molecular flexibility index (Phi) is 5.42. The highest BCUT2D eigenvalue weighted by molar-refractivity contribution is 5.77. The maximum absolute atomic E-state index is 11.7. The van der Waals surface area contributed by atoms with Crippen LogP contribution in [0.15, 0.2) is 18.3 Å². The summed E-state index contributed by atoms with van der Waals surface area (Å²) in [6.45, 7) is 5.73. The van der Waals surface area contributed by atoms with Gasteiger partial charge in [-0.05, 0) is 26.0 Å². The zero-order valence-electron chi connectivity index (χ0n) is 10.3. The Labute approximate surface area is 102 Å². The maximum Gasteiger partial charge on any atom is 0.260 e. The molecule has 0 aliphatic carbocycles. The summed E-state index contributed by atoms with van der Waals surface area (Å²) in [5, 5.41) is 0. The van der Waals surface area contributed by atoms with E-state index in [0.29, 0.717) is 25.4 Å². The smallest absolute Gasteiger partial charge is 0.260 e. The van der Waals surface area contributed by atoms with Crippen molar-refractivity contribution in [3.05, 3.63) is 24.0 Å². The molecule has 17 heavy (non-hydrogen) atoms. The van der Waals surface area contributed by atoms with Gasteiger partial charge in [0.1, 0.15) is 5.75 Å². The number of amides is 1. The quantitative estimate of drug-likeness (QED) is 0.794. The van der Waals surface area contributed by atoms with Gasteiger partial charge in [0, 0.05) is 19.6 Å². The maximum atomic E-state index is 11.7. The summed E-state index contributed by atoms with van der Waals surface area (Å²) in [4.78, 5) is 17.5. The predicted molar refractivity (Wildman–Crippen MR) is 65.6 cm³/mol. The molecule has 5 heteroatoms. The average molecular weight is 237 g/mol. The van der Waals surface area contributed by atoms with Gasteiger partial charge >= 0.3 is 0 Å². The molecule has 0 saturated carbocycles. The summed E-state index contributed by atoms with van der Waals surface area (Å²) in [6.07, 6.45) is 1.58. The van der Waals surface area contributed by atoms with Crippen LogP contribution in [-0.4, -0.2) is 35.5 Å². The molecular formula is C12H19N3O2. The zero-order valence-corrected chi connectivity index (χ0v) is 10.3. The highest BCUT2D eigenvalue weighted by Gasteiger charge is 2.09. The fourth-order valence-electron chi connectivity index (χ4n) is 1.43. The molecule has 0 bridgehead atoms. The van der Waals surface area contributed by atoms with Crippen LogP contribution in [0.5, 0.6) is 5.75 Å². The first kappa shape index (κ1) is 13.4. The highest BCUT2D eigenvalue weighted by Crippen LogP contribution is 2.08. The van der Waals surface area contributed by atoms with Gasteiger partial charge in [-0.2, -0.15) is 0 Å². The normalized spacial score (nSPS) is 10.1. The first-order valence-corrected chi connectivity index (χ1v) is 5.76. The van der Waals surface area contributed by atoms with Crippen LogP contribution >= 0.6 is 0 Å². The van der Waals surface area contributed by atoms with E-state index in [1.54, 1.807) is 23.2 Å². The molecule has 1 aromatic heterocycles. The van der Waals surface area contributed by atoms with Gasteiger partial charge in [0.05, 0.1) is 11.9 Å². The van der Waals surface area contributed by atoms with Gasteiger partial charge in [-0.25, -0.2) is 0 Å². The molecule has 0 spiro atoms. The highest BCUT2D eigenvalue weighted by atomic mass is 16.5. The van der Waals surface area contributed by atoms with Gasteiger partial charge in [0.2, 0.25) is 0 Å². The van der Waals surface area contributed by atoms with Crippen LogP contribution in [0.1, 0.15) is 19.5 Å². The Hall–Kier alpha value is -1.62.